The Hall–Kier alpha value is -9.09. The summed E-state index contributed by atoms with van der Waals surface area (Å²) in [5, 5.41) is 17.4. The summed E-state index contributed by atoms with van der Waals surface area (Å²) in [6.07, 6.45) is 18.8. The first-order valence-corrected chi connectivity index (χ1v) is 28.0. The Kier molecular flexibility index (Phi) is 24.5. The Morgan fingerprint density at radius 3 is 1.04 bits per heavy atom. The van der Waals surface area contributed by atoms with Gasteiger partial charge in [0.2, 0.25) is 0 Å². The molecule has 0 heterocycles. The normalized spacial score (nSPS) is 10.9. The molecule has 0 bridgehead atoms. The van der Waals surface area contributed by atoms with Crippen LogP contribution in [0.1, 0.15) is 157 Å². The number of benzene rings is 7. The van der Waals surface area contributed by atoms with Crippen molar-refractivity contribution in [1.29, 1.82) is 5.26 Å². The number of unbranched alkanes of at least 4 members (excludes halogenated alkanes) is 14. The Morgan fingerprint density at radius 1 is 0.346 bits per heavy atom. The van der Waals surface area contributed by atoms with E-state index in [0.29, 0.717) is 59.4 Å². The van der Waals surface area contributed by atoms with Gasteiger partial charge in [-0.05, 0) is 183 Å². The summed E-state index contributed by atoms with van der Waals surface area (Å²) in [7, 11) is 0. The number of nitrogens with zero attached hydrogens (tertiary/aromatic N) is 3. The number of carbonyl (C=O) groups excluding carboxylic acids is 4. The van der Waals surface area contributed by atoms with Crippen LogP contribution < -0.4 is 33.2 Å². The standard InChI is InChI=1S/C67H69N3O11/c1-2-3-4-5-6-7-8-9-12-15-45-75-57-33-23-51(24-34-57)64(71)78-60-37-27-53(28-38-60)66(73)81-63-20-18-19-54(48-63)67(74)80-62-43-41-61(42-44-62)79-65(72)52-25-35-58(36-26-52)76-46-16-13-10-11-14-17-47-77-59-39-31-56(32-40-59)70-69-55-29-21-50(49-68)22-30-55/h18-44,48H,2-17,45-47H2,1H3. The highest BCUT2D eigenvalue weighted by Crippen LogP contribution is 2.26. The molecule has 0 N–H and O–H groups in total. The molecule has 14 heteroatoms. The summed E-state index contributed by atoms with van der Waals surface area (Å²) in [5.74, 6) is 0.486. The summed E-state index contributed by atoms with van der Waals surface area (Å²) in [6, 6.07) is 48.1. The van der Waals surface area contributed by atoms with Crippen LogP contribution in [-0.4, -0.2) is 43.7 Å². The van der Waals surface area contributed by atoms with Crippen molar-refractivity contribution in [3.8, 4) is 46.3 Å². The van der Waals surface area contributed by atoms with Crippen molar-refractivity contribution in [3.63, 3.8) is 0 Å². The van der Waals surface area contributed by atoms with Gasteiger partial charge in [0.05, 0.1) is 65.1 Å². The molecule has 0 atom stereocenters. The van der Waals surface area contributed by atoms with E-state index in [4.69, 9.17) is 38.4 Å². The van der Waals surface area contributed by atoms with E-state index in [1.54, 1.807) is 78.9 Å². The fourth-order valence-electron chi connectivity index (χ4n) is 8.36. The van der Waals surface area contributed by atoms with Crippen LogP contribution in [0.25, 0.3) is 0 Å². The summed E-state index contributed by atoms with van der Waals surface area (Å²) >= 11 is 0. The Labute approximate surface area is 474 Å². The Bertz CT molecular complexity index is 3120. The lowest BCUT2D eigenvalue weighted by Crippen LogP contribution is -2.12. The third-order valence-corrected chi connectivity index (χ3v) is 13.0. The number of hydrogen-bond acceptors (Lipinski definition) is 14. The van der Waals surface area contributed by atoms with Crippen molar-refractivity contribution in [2.75, 3.05) is 19.8 Å². The van der Waals surface area contributed by atoms with Crippen molar-refractivity contribution < 1.29 is 52.3 Å². The second-order valence-electron chi connectivity index (χ2n) is 19.3. The minimum absolute atomic E-state index is 0.118. The monoisotopic (exact) mass is 1090 g/mol. The molecule has 0 spiro atoms. The second-order valence-corrected chi connectivity index (χ2v) is 19.3. The van der Waals surface area contributed by atoms with E-state index in [1.165, 1.54) is 118 Å². The van der Waals surface area contributed by atoms with E-state index < -0.39 is 23.9 Å². The van der Waals surface area contributed by atoms with Crippen LogP contribution in [0.4, 0.5) is 11.4 Å². The van der Waals surface area contributed by atoms with Gasteiger partial charge in [0, 0.05) is 0 Å². The SMILES string of the molecule is CCCCCCCCCCCCOc1ccc(C(=O)Oc2ccc(C(=O)Oc3cccc(C(=O)Oc4ccc(OC(=O)c5ccc(OCCCCCCCCOc6ccc(N=Nc7ccc(C#N)cc7)cc6)cc5)cc4)c3)cc2)cc1. The maximum Gasteiger partial charge on any atom is 0.343 e. The first kappa shape index (κ1) is 59.6. The highest BCUT2D eigenvalue weighted by molar-refractivity contribution is 5.94. The average Bonchev–Trinajstić information content (AvgIpc) is 3.50. The van der Waals surface area contributed by atoms with Crippen molar-refractivity contribution in [3.05, 3.63) is 198 Å². The predicted molar refractivity (Wildman–Crippen MR) is 310 cm³/mol. The predicted octanol–water partition coefficient (Wildman–Crippen LogP) is 16.9. The van der Waals surface area contributed by atoms with E-state index in [-0.39, 0.29) is 34.1 Å². The Balaban J connectivity index is 0.728. The highest BCUT2D eigenvalue weighted by atomic mass is 16.6. The van der Waals surface area contributed by atoms with E-state index in [2.05, 4.69) is 23.2 Å². The molecule has 81 heavy (non-hydrogen) atoms. The summed E-state index contributed by atoms with van der Waals surface area (Å²) in [6.45, 7) is 4.08. The molecule has 7 rings (SSSR count). The van der Waals surface area contributed by atoms with Crippen molar-refractivity contribution in [2.45, 2.75) is 110 Å². The van der Waals surface area contributed by atoms with Crippen LogP contribution in [0.5, 0.6) is 40.2 Å². The number of carbonyl (C=O) groups is 4. The first-order valence-electron chi connectivity index (χ1n) is 28.0. The number of azo groups is 1. The molecule has 0 aliphatic heterocycles. The molecule has 418 valence electrons. The van der Waals surface area contributed by atoms with Gasteiger partial charge >= 0.3 is 23.9 Å². The van der Waals surface area contributed by atoms with Gasteiger partial charge < -0.3 is 33.2 Å². The smallest absolute Gasteiger partial charge is 0.343 e. The number of rotatable bonds is 33. The fraction of sp³-hybridized carbons (Fsp3) is 0.299. The van der Waals surface area contributed by atoms with Crippen LogP contribution in [0.3, 0.4) is 0 Å². The molecule has 0 aliphatic carbocycles. The molecule has 0 fully saturated rings. The highest BCUT2D eigenvalue weighted by Gasteiger charge is 2.16. The third kappa shape index (κ3) is 21.2. The minimum Gasteiger partial charge on any atom is -0.494 e. The van der Waals surface area contributed by atoms with Crippen LogP contribution in [0.15, 0.2) is 180 Å². The van der Waals surface area contributed by atoms with Gasteiger partial charge in [0.1, 0.15) is 40.2 Å². The number of esters is 4. The lowest BCUT2D eigenvalue weighted by Gasteiger charge is -2.09. The minimum atomic E-state index is -0.696. The lowest BCUT2D eigenvalue weighted by molar-refractivity contribution is 0.0713. The molecule has 7 aromatic rings. The molecular formula is C67H69N3O11. The first-order chi connectivity index (χ1) is 39.7. The molecule has 0 aromatic heterocycles. The van der Waals surface area contributed by atoms with Gasteiger partial charge in [-0.2, -0.15) is 15.5 Å². The molecule has 0 aliphatic rings. The summed E-state index contributed by atoms with van der Waals surface area (Å²) < 4.78 is 39.8. The summed E-state index contributed by atoms with van der Waals surface area (Å²) in [4.78, 5) is 51.9. The Morgan fingerprint density at radius 2 is 0.654 bits per heavy atom. The molecule has 14 nitrogen and oxygen atoms in total. The van der Waals surface area contributed by atoms with E-state index in [9.17, 15) is 19.2 Å². The van der Waals surface area contributed by atoms with E-state index in [1.807, 2.05) is 24.3 Å². The maximum absolute atomic E-state index is 13.1. The quantitative estimate of drug-likeness (QED) is 0.0165. The van der Waals surface area contributed by atoms with Gasteiger partial charge in [0.15, 0.2) is 0 Å². The van der Waals surface area contributed by atoms with Crippen LogP contribution in [0.2, 0.25) is 0 Å². The lowest BCUT2D eigenvalue weighted by atomic mass is 10.1. The van der Waals surface area contributed by atoms with E-state index >= 15 is 0 Å². The largest absolute Gasteiger partial charge is 0.494 e. The van der Waals surface area contributed by atoms with Gasteiger partial charge in [-0.25, -0.2) is 19.2 Å². The zero-order chi connectivity index (χ0) is 56.7. The molecule has 7 aromatic carbocycles. The van der Waals surface area contributed by atoms with Crippen LogP contribution in [-0.2, 0) is 0 Å². The molecule has 0 unspecified atom stereocenters. The van der Waals surface area contributed by atoms with Gasteiger partial charge in [-0.3, -0.25) is 0 Å². The molecule has 0 radical (unpaired) electrons. The van der Waals surface area contributed by atoms with E-state index in [0.717, 1.165) is 57.1 Å². The third-order valence-electron chi connectivity index (χ3n) is 13.0. The number of nitriles is 1. The van der Waals surface area contributed by atoms with Crippen molar-refractivity contribution in [2.24, 2.45) is 10.2 Å². The van der Waals surface area contributed by atoms with Crippen molar-refractivity contribution in [1.82, 2.24) is 0 Å². The zero-order valence-electron chi connectivity index (χ0n) is 45.9. The van der Waals surface area contributed by atoms with Crippen LogP contribution in [0, 0.1) is 11.3 Å². The fourth-order valence-corrected chi connectivity index (χ4v) is 8.36. The molecular weight excluding hydrogens is 1020 g/mol. The van der Waals surface area contributed by atoms with Crippen LogP contribution >= 0.6 is 0 Å². The number of ether oxygens (including phenoxy) is 7. The average molecular weight is 1090 g/mol. The summed E-state index contributed by atoms with van der Waals surface area (Å²) in [5.41, 5.74) is 3.02. The molecule has 0 amide bonds. The number of hydrogen-bond donors (Lipinski definition) is 0. The van der Waals surface area contributed by atoms with Gasteiger partial charge in [0.25, 0.3) is 0 Å². The zero-order valence-corrected chi connectivity index (χ0v) is 45.9. The topological polar surface area (TPSA) is 181 Å². The molecule has 0 saturated heterocycles. The van der Waals surface area contributed by atoms with Crippen molar-refractivity contribution >= 4 is 35.3 Å². The second kappa shape index (κ2) is 33.4. The maximum atomic E-state index is 13.1. The van der Waals surface area contributed by atoms with Gasteiger partial charge in [-0.15, -0.1) is 0 Å². The molecule has 0 saturated carbocycles. The van der Waals surface area contributed by atoms with Gasteiger partial charge in [-0.1, -0.05) is 96.5 Å².